The van der Waals surface area contributed by atoms with Crippen molar-refractivity contribution in [1.29, 1.82) is 0 Å². The number of pyridine rings is 1. The van der Waals surface area contributed by atoms with Crippen LogP contribution in [-0.2, 0) is 4.74 Å². The first-order valence-corrected chi connectivity index (χ1v) is 7.18. The summed E-state index contributed by atoms with van der Waals surface area (Å²) in [6, 6.07) is 5.23. The van der Waals surface area contributed by atoms with Crippen LogP contribution >= 0.6 is 23.2 Å². The number of nitrogens with one attached hydrogen (secondary N) is 1. The molecule has 2 aromatic rings. The fraction of sp³-hybridized carbons (Fsp3) is 0.333. The van der Waals surface area contributed by atoms with E-state index in [0.717, 1.165) is 5.69 Å². The third-order valence-corrected chi connectivity index (χ3v) is 3.44. The predicted molar refractivity (Wildman–Crippen MR) is 86.4 cm³/mol. The molecule has 0 fully saturated rings. The molecule has 0 atom stereocenters. The molecule has 0 aliphatic carbocycles. The molecular weight excluding hydrogens is 311 g/mol. The second-order valence-electron chi connectivity index (χ2n) is 5.70. The second kappa shape index (κ2) is 5.70. The number of carbonyl (C=O) groups excluding carboxylic acids is 1. The molecule has 112 valence electrons. The van der Waals surface area contributed by atoms with Crippen LogP contribution in [0.1, 0.15) is 26.5 Å². The maximum absolute atomic E-state index is 11.9. The Labute approximate surface area is 133 Å². The number of ether oxygens (including phenoxy) is 1. The lowest BCUT2D eigenvalue weighted by Crippen LogP contribution is -2.27. The number of benzene rings is 1. The largest absolute Gasteiger partial charge is 0.444 e. The molecule has 1 N–H and O–H groups in total. The molecule has 2 rings (SSSR count). The van der Waals surface area contributed by atoms with Crippen LogP contribution in [0.15, 0.2) is 18.2 Å². The van der Waals surface area contributed by atoms with E-state index in [2.05, 4.69) is 10.3 Å². The normalized spacial score (nSPS) is 11.5. The molecule has 0 saturated carbocycles. The Morgan fingerprint density at radius 1 is 1.29 bits per heavy atom. The zero-order valence-electron chi connectivity index (χ0n) is 12.3. The van der Waals surface area contributed by atoms with Crippen molar-refractivity contribution in [3.05, 3.63) is 33.9 Å². The minimum atomic E-state index is -0.584. The smallest absolute Gasteiger partial charge is 0.412 e. The van der Waals surface area contributed by atoms with Crippen molar-refractivity contribution >= 4 is 45.9 Å². The molecule has 0 unspecified atom stereocenters. The summed E-state index contributed by atoms with van der Waals surface area (Å²) in [5.74, 6) is 0. The van der Waals surface area contributed by atoms with E-state index in [-0.39, 0.29) is 0 Å². The number of hydrogen-bond donors (Lipinski definition) is 1. The Morgan fingerprint density at radius 2 is 1.95 bits per heavy atom. The first-order valence-electron chi connectivity index (χ1n) is 6.43. The Morgan fingerprint density at radius 3 is 2.57 bits per heavy atom. The summed E-state index contributed by atoms with van der Waals surface area (Å²) in [5.41, 5.74) is 1.28. The van der Waals surface area contributed by atoms with Gasteiger partial charge in [0.2, 0.25) is 0 Å². The highest BCUT2D eigenvalue weighted by Gasteiger charge is 2.18. The monoisotopic (exact) mass is 326 g/mol. The van der Waals surface area contributed by atoms with Gasteiger partial charge >= 0.3 is 6.09 Å². The number of carbonyl (C=O) groups is 1. The van der Waals surface area contributed by atoms with E-state index in [1.807, 2.05) is 19.1 Å². The van der Waals surface area contributed by atoms with Crippen LogP contribution in [0.2, 0.25) is 10.0 Å². The Bertz CT molecular complexity index is 709. The molecule has 0 aliphatic heterocycles. The van der Waals surface area contributed by atoms with Gasteiger partial charge in [-0.3, -0.25) is 10.3 Å². The highest BCUT2D eigenvalue weighted by Crippen LogP contribution is 2.35. The van der Waals surface area contributed by atoms with Crippen molar-refractivity contribution in [2.24, 2.45) is 0 Å². The summed E-state index contributed by atoms with van der Waals surface area (Å²) in [5, 5.41) is 4.11. The fourth-order valence-electron chi connectivity index (χ4n) is 1.84. The van der Waals surface area contributed by atoms with Crippen LogP contribution in [-0.4, -0.2) is 16.7 Å². The molecule has 0 aliphatic rings. The lowest BCUT2D eigenvalue weighted by atomic mass is 10.1. The SMILES string of the molecule is Cc1ccc2c(Cl)c(Cl)cc(NC(=O)OC(C)(C)C)c2n1. The maximum atomic E-state index is 11.9. The minimum absolute atomic E-state index is 0.348. The number of rotatable bonds is 1. The zero-order valence-corrected chi connectivity index (χ0v) is 13.8. The third-order valence-electron chi connectivity index (χ3n) is 2.64. The van der Waals surface area contributed by atoms with E-state index in [9.17, 15) is 4.79 Å². The molecule has 4 nitrogen and oxygen atoms in total. The number of anilines is 1. The van der Waals surface area contributed by atoms with E-state index in [0.29, 0.717) is 26.6 Å². The molecule has 0 radical (unpaired) electrons. The second-order valence-corrected chi connectivity index (χ2v) is 6.48. The Hall–Kier alpha value is -1.52. The number of hydrogen-bond acceptors (Lipinski definition) is 3. The van der Waals surface area contributed by atoms with E-state index < -0.39 is 11.7 Å². The fourth-order valence-corrected chi connectivity index (χ4v) is 2.25. The van der Waals surface area contributed by atoms with E-state index in [4.69, 9.17) is 27.9 Å². The molecule has 1 amide bonds. The molecule has 21 heavy (non-hydrogen) atoms. The maximum Gasteiger partial charge on any atom is 0.412 e. The van der Waals surface area contributed by atoms with Gasteiger partial charge in [-0.2, -0.15) is 0 Å². The summed E-state index contributed by atoms with van der Waals surface area (Å²) in [7, 11) is 0. The lowest BCUT2D eigenvalue weighted by molar-refractivity contribution is 0.0636. The molecule has 1 aromatic heterocycles. The zero-order chi connectivity index (χ0) is 15.8. The van der Waals surface area contributed by atoms with E-state index in [1.165, 1.54) is 0 Å². The van der Waals surface area contributed by atoms with Crippen LogP contribution in [0.5, 0.6) is 0 Å². The van der Waals surface area contributed by atoms with Gasteiger partial charge in [0.05, 0.1) is 21.2 Å². The number of aryl methyl sites for hydroxylation is 1. The number of fused-ring (bicyclic) bond motifs is 1. The molecule has 6 heteroatoms. The summed E-state index contributed by atoms with van der Waals surface area (Å²) >= 11 is 12.3. The van der Waals surface area contributed by atoms with Crippen LogP contribution in [0.4, 0.5) is 10.5 Å². The highest BCUT2D eigenvalue weighted by atomic mass is 35.5. The standard InChI is InChI=1S/C15H16Cl2N2O2/c1-8-5-6-9-12(17)10(16)7-11(13(9)18-8)19-14(20)21-15(2,3)4/h5-7H,1-4H3,(H,19,20). The number of nitrogens with zero attached hydrogens (tertiary/aromatic N) is 1. The quantitative estimate of drug-likeness (QED) is 0.783. The molecule has 1 heterocycles. The van der Waals surface area contributed by atoms with Crippen molar-refractivity contribution in [1.82, 2.24) is 4.98 Å². The van der Waals surface area contributed by atoms with Crippen LogP contribution < -0.4 is 5.32 Å². The summed E-state index contributed by atoms with van der Waals surface area (Å²) < 4.78 is 5.24. The Balaban J connectivity index is 2.46. The first kappa shape index (κ1) is 15.9. The van der Waals surface area contributed by atoms with Gasteiger partial charge in [-0.15, -0.1) is 0 Å². The van der Waals surface area contributed by atoms with Crippen LogP contribution in [0.3, 0.4) is 0 Å². The molecule has 1 aromatic carbocycles. The lowest BCUT2D eigenvalue weighted by Gasteiger charge is -2.20. The van der Waals surface area contributed by atoms with Gasteiger partial charge in [-0.05, 0) is 45.9 Å². The summed E-state index contributed by atoms with van der Waals surface area (Å²) in [6.07, 6.45) is -0.564. The summed E-state index contributed by atoms with van der Waals surface area (Å²) in [4.78, 5) is 16.3. The first-order chi connectivity index (χ1) is 9.67. The van der Waals surface area contributed by atoms with Crippen molar-refractivity contribution in [3.63, 3.8) is 0 Å². The van der Waals surface area contributed by atoms with Gasteiger partial charge in [-0.1, -0.05) is 23.2 Å². The van der Waals surface area contributed by atoms with Crippen molar-refractivity contribution in [2.45, 2.75) is 33.3 Å². The van der Waals surface area contributed by atoms with Gasteiger partial charge < -0.3 is 4.74 Å². The van der Waals surface area contributed by atoms with Gasteiger partial charge in [-0.25, -0.2) is 4.79 Å². The molecular formula is C15H16Cl2N2O2. The van der Waals surface area contributed by atoms with Crippen LogP contribution in [0.25, 0.3) is 10.9 Å². The minimum Gasteiger partial charge on any atom is -0.444 e. The number of amides is 1. The highest BCUT2D eigenvalue weighted by molar-refractivity contribution is 6.45. The molecule has 0 bridgehead atoms. The third kappa shape index (κ3) is 3.77. The molecule has 0 saturated heterocycles. The average molecular weight is 327 g/mol. The van der Waals surface area contributed by atoms with E-state index >= 15 is 0 Å². The van der Waals surface area contributed by atoms with Gasteiger partial charge in [0.25, 0.3) is 0 Å². The van der Waals surface area contributed by atoms with Gasteiger partial charge in [0.1, 0.15) is 5.60 Å². The number of halogens is 2. The van der Waals surface area contributed by atoms with Gasteiger partial charge in [0.15, 0.2) is 0 Å². The topological polar surface area (TPSA) is 51.2 Å². The predicted octanol–water partition coefficient (Wildman–Crippen LogP) is 5.20. The average Bonchev–Trinajstić information content (AvgIpc) is 2.33. The van der Waals surface area contributed by atoms with E-state index in [1.54, 1.807) is 26.8 Å². The number of aromatic nitrogens is 1. The van der Waals surface area contributed by atoms with Crippen LogP contribution in [0, 0.1) is 6.92 Å². The van der Waals surface area contributed by atoms with Crippen molar-refractivity contribution in [3.8, 4) is 0 Å². The van der Waals surface area contributed by atoms with Gasteiger partial charge in [0, 0.05) is 11.1 Å². The Kier molecular flexibility index (Phi) is 4.30. The van der Waals surface area contributed by atoms with Crippen molar-refractivity contribution < 1.29 is 9.53 Å². The summed E-state index contributed by atoms with van der Waals surface area (Å²) in [6.45, 7) is 7.24. The molecule has 0 spiro atoms. The van der Waals surface area contributed by atoms with Crippen molar-refractivity contribution in [2.75, 3.05) is 5.32 Å².